The van der Waals surface area contributed by atoms with Crippen LogP contribution in [0.1, 0.15) is 27.2 Å². The largest absolute Gasteiger partial charge is 0.444 e. The molecule has 1 saturated heterocycles. The molecule has 1 aromatic heterocycles. The molecular weight excluding hydrogens is 345 g/mol. The van der Waals surface area contributed by atoms with Crippen LogP contribution in [0.3, 0.4) is 0 Å². The van der Waals surface area contributed by atoms with Gasteiger partial charge < -0.3 is 20.7 Å². The maximum Gasteiger partial charge on any atom is 0.407 e. The summed E-state index contributed by atoms with van der Waals surface area (Å²) in [6, 6.07) is -0.693. The lowest BCUT2D eigenvalue weighted by Crippen LogP contribution is -2.54. The smallest absolute Gasteiger partial charge is 0.407 e. The van der Waals surface area contributed by atoms with Gasteiger partial charge in [-0.2, -0.15) is 17.5 Å². The number of ether oxygens (including phenoxy) is 1. The number of aromatic nitrogens is 1. The Hall–Kier alpha value is -1.71. The van der Waals surface area contributed by atoms with Crippen LogP contribution >= 0.6 is 11.5 Å². The minimum absolute atomic E-state index is 0.196. The van der Waals surface area contributed by atoms with Crippen molar-refractivity contribution in [2.75, 3.05) is 23.7 Å². The number of carbonyl (C=O) groups excluding carboxylic acids is 1. The van der Waals surface area contributed by atoms with E-state index in [1.54, 1.807) is 20.8 Å². The van der Waals surface area contributed by atoms with Crippen LogP contribution in [0.25, 0.3) is 0 Å². The zero-order valence-corrected chi connectivity index (χ0v) is 14.5. The zero-order chi connectivity index (χ0) is 18.1. The fraction of sp³-hybridized carbons (Fsp3) is 0.714. The van der Waals surface area contributed by atoms with E-state index in [2.05, 4.69) is 9.69 Å². The van der Waals surface area contributed by atoms with E-state index in [1.165, 1.54) is 11.1 Å². The van der Waals surface area contributed by atoms with Gasteiger partial charge in [0, 0.05) is 13.1 Å². The first kappa shape index (κ1) is 18.6. The van der Waals surface area contributed by atoms with Crippen LogP contribution in [0.15, 0.2) is 6.20 Å². The van der Waals surface area contributed by atoms with Crippen molar-refractivity contribution in [2.45, 2.75) is 45.0 Å². The Kier molecular flexibility index (Phi) is 5.17. The quantitative estimate of drug-likeness (QED) is 0.841. The van der Waals surface area contributed by atoms with Crippen molar-refractivity contribution in [1.29, 1.82) is 0 Å². The molecule has 1 aliphatic heterocycles. The molecule has 1 fully saturated rings. The maximum atomic E-state index is 13.2. The van der Waals surface area contributed by atoms with Crippen molar-refractivity contribution >= 4 is 28.3 Å². The number of halogens is 3. The van der Waals surface area contributed by atoms with E-state index < -0.39 is 29.8 Å². The lowest BCUT2D eigenvalue weighted by Gasteiger charge is -2.39. The summed E-state index contributed by atoms with van der Waals surface area (Å²) in [5, 5.41) is 3.02. The first-order chi connectivity index (χ1) is 11.0. The van der Waals surface area contributed by atoms with Crippen molar-refractivity contribution in [1.82, 2.24) is 9.69 Å². The molecule has 2 unspecified atom stereocenters. The third-order valence-electron chi connectivity index (χ3n) is 3.50. The molecule has 136 valence electrons. The number of nitrogens with two attached hydrogens (primary N) is 1. The van der Waals surface area contributed by atoms with E-state index in [4.69, 9.17) is 10.5 Å². The molecule has 0 spiro atoms. The molecular formula is C14H21F3N4O2S. The Labute approximate surface area is 142 Å². The van der Waals surface area contributed by atoms with Gasteiger partial charge in [-0.05, 0) is 38.7 Å². The molecule has 0 aliphatic carbocycles. The van der Waals surface area contributed by atoms with E-state index >= 15 is 0 Å². The lowest BCUT2D eigenvalue weighted by atomic mass is 9.94. The van der Waals surface area contributed by atoms with E-state index in [-0.39, 0.29) is 19.5 Å². The van der Waals surface area contributed by atoms with Crippen molar-refractivity contribution in [2.24, 2.45) is 5.92 Å². The Morgan fingerprint density at radius 3 is 2.58 bits per heavy atom. The highest BCUT2D eigenvalue weighted by atomic mass is 32.1. The summed E-state index contributed by atoms with van der Waals surface area (Å²) in [6.07, 6.45) is -3.87. The summed E-state index contributed by atoms with van der Waals surface area (Å²) in [4.78, 5) is 13.4. The molecule has 1 aromatic rings. The van der Waals surface area contributed by atoms with Gasteiger partial charge in [-0.25, -0.2) is 4.79 Å². The number of alkyl halides is 3. The molecule has 1 aliphatic rings. The van der Waals surface area contributed by atoms with Gasteiger partial charge >= 0.3 is 12.3 Å². The average Bonchev–Trinajstić information content (AvgIpc) is 2.81. The van der Waals surface area contributed by atoms with Crippen LogP contribution in [-0.4, -0.2) is 41.4 Å². The lowest BCUT2D eigenvalue weighted by molar-refractivity contribution is -0.177. The van der Waals surface area contributed by atoms with Gasteiger partial charge in [0.25, 0.3) is 0 Å². The van der Waals surface area contributed by atoms with Gasteiger partial charge in [0.2, 0.25) is 0 Å². The number of rotatable bonds is 2. The van der Waals surface area contributed by atoms with E-state index in [0.717, 1.165) is 11.5 Å². The highest BCUT2D eigenvalue weighted by Gasteiger charge is 2.45. The number of hydrogen-bond donors (Lipinski definition) is 2. The van der Waals surface area contributed by atoms with E-state index in [1.807, 2.05) is 0 Å². The summed E-state index contributed by atoms with van der Waals surface area (Å²) in [7, 11) is 0. The second kappa shape index (κ2) is 6.66. The molecule has 6 nitrogen and oxygen atoms in total. The maximum absolute atomic E-state index is 13.2. The predicted molar refractivity (Wildman–Crippen MR) is 86.1 cm³/mol. The number of carbonyl (C=O) groups is 1. The number of hydrogen-bond acceptors (Lipinski definition) is 6. The topological polar surface area (TPSA) is 80.5 Å². The minimum atomic E-state index is -4.36. The number of nitrogen functional groups attached to an aromatic ring is 1. The van der Waals surface area contributed by atoms with Gasteiger partial charge in [0.15, 0.2) is 0 Å². The molecule has 0 bridgehead atoms. The average molecular weight is 366 g/mol. The van der Waals surface area contributed by atoms with Gasteiger partial charge in [0.05, 0.1) is 23.8 Å². The SMILES string of the molecule is CC(C)(C)OC(=O)NC1CC(C(F)(F)F)CN(c2sncc2N)C1. The molecule has 2 rings (SSSR count). The Balaban J connectivity index is 2.13. The van der Waals surface area contributed by atoms with Gasteiger partial charge in [-0.15, -0.1) is 0 Å². The number of alkyl carbamates (subject to hydrolysis) is 1. The van der Waals surface area contributed by atoms with Crippen LogP contribution in [0, 0.1) is 5.92 Å². The third-order valence-corrected chi connectivity index (χ3v) is 4.38. The van der Waals surface area contributed by atoms with Crippen molar-refractivity contribution < 1.29 is 22.7 Å². The predicted octanol–water partition coefficient (Wildman–Crippen LogP) is 3.01. The van der Waals surface area contributed by atoms with Crippen molar-refractivity contribution in [3.63, 3.8) is 0 Å². The van der Waals surface area contributed by atoms with Gasteiger partial charge in [-0.1, -0.05) is 0 Å². The van der Waals surface area contributed by atoms with E-state index in [9.17, 15) is 18.0 Å². The van der Waals surface area contributed by atoms with Crippen molar-refractivity contribution in [3.8, 4) is 0 Å². The van der Waals surface area contributed by atoms with Gasteiger partial charge in [-0.3, -0.25) is 0 Å². The Morgan fingerprint density at radius 2 is 2.08 bits per heavy atom. The van der Waals surface area contributed by atoms with Crippen LogP contribution in [-0.2, 0) is 4.74 Å². The first-order valence-electron chi connectivity index (χ1n) is 7.47. The number of amides is 1. The zero-order valence-electron chi connectivity index (χ0n) is 13.7. The van der Waals surface area contributed by atoms with Crippen LogP contribution < -0.4 is 16.0 Å². The van der Waals surface area contributed by atoms with Gasteiger partial charge in [0.1, 0.15) is 10.6 Å². The number of nitrogens with one attached hydrogen (secondary N) is 1. The molecule has 0 aromatic carbocycles. The normalized spacial score (nSPS) is 22.3. The molecule has 2 atom stereocenters. The fourth-order valence-corrected chi connectivity index (χ4v) is 3.25. The molecule has 0 saturated carbocycles. The minimum Gasteiger partial charge on any atom is -0.444 e. The molecule has 0 radical (unpaired) electrons. The number of anilines is 2. The number of nitrogens with zero attached hydrogens (tertiary/aromatic N) is 2. The second-order valence-electron chi connectivity index (χ2n) is 6.81. The summed E-state index contributed by atoms with van der Waals surface area (Å²) in [5.41, 5.74) is 5.38. The summed E-state index contributed by atoms with van der Waals surface area (Å²) < 4.78 is 48.7. The highest BCUT2D eigenvalue weighted by molar-refractivity contribution is 7.10. The standard InChI is InChI=1S/C14H21F3N4O2S/c1-13(2,3)23-12(22)20-9-4-8(14(15,16)17)6-21(7-9)11-10(18)5-19-24-11/h5,8-9H,4,6-7,18H2,1-3H3,(H,20,22). The highest BCUT2D eigenvalue weighted by Crippen LogP contribution is 2.37. The van der Waals surface area contributed by atoms with Crippen LogP contribution in [0.5, 0.6) is 0 Å². The Bertz CT molecular complexity index is 585. The summed E-state index contributed by atoms with van der Waals surface area (Å²) in [6.45, 7) is 5.09. The van der Waals surface area contributed by atoms with E-state index in [0.29, 0.717) is 10.7 Å². The van der Waals surface area contributed by atoms with Crippen LogP contribution in [0.2, 0.25) is 0 Å². The number of piperidine rings is 1. The molecule has 24 heavy (non-hydrogen) atoms. The monoisotopic (exact) mass is 366 g/mol. The van der Waals surface area contributed by atoms with Crippen molar-refractivity contribution in [3.05, 3.63) is 6.20 Å². The fourth-order valence-electron chi connectivity index (χ4n) is 2.56. The molecule has 10 heteroatoms. The molecule has 2 heterocycles. The Morgan fingerprint density at radius 1 is 1.42 bits per heavy atom. The molecule has 1 amide bonds. The first-order valence-corrected chi connectivity index (χ1v) is 8.24. The van der Waals surface area contributed by atoms with Crippen LogP contribution in [0.4, 0.5) is 28.7 Å². The summed E-state index contributed by atoms with van der Waals surface area (Å²) in [5.74, 6) is -1.56. The molecule has 3 N–H and O–H groups in total. The third kappa shape index (κ3) is 4.89. The second-order valence-corrected chi connectivity index (χ2v) is 7.59. The summed E-state index contributed by atoms with van der Waals surface area (Å²) >= 11 is 1.04.